The van der Waals surface area contributed by atoms with E-state index in [4.69, 9.17) is 0 Å². The Labute approximate surface area is 49.0 Å². The molecule has 0 radical (unpaired) electrons. The van der Waals surface area contributed by atoms with Crippen LogP contribution < -0.4 is 5.32 Å². The third kappa shape index (κ3) is 2.95. The predicted octanol–water partition coefficient (Wildman–Crippen LogP) is -0.861. The van der Waals surface area contributed by atoms with Crippen LogP contribution in [0.3, 0.4) is 0 Å². The maximum Gasteiger partial charge on any atom is 0.280 e. The molecule has 0 atom stereocenters. The van der Waals surface area contributed by atoms with Gasteiger partial charge in [-0.25, -0.2) is 0 Å². The van der Waals surface area contributed by atoms with Crippen molar-refractivity contribution in [2.24, 2.45) is 0 Å². The quantitative estimate of drug-likeness (QED) is 0.517. The Morgan fingerprint density at radius 2 is 2.12 bits per heavy atom. The monoisotopic (exact) mass is 139 g/mol. The highest BCUT2D eigenvalue weighted by atomic mass is 32.2. The van der Waals surface area contributed by atoms with Gasteiger partial charge in [0.15, 0.2) is 0 Å². The van der Waals surface area contributed by atoms with Gasteiger partial charge in [-0.15, -0.1) is 0 Å². The lowest BCUT2D eigenvalue weighted by atomic mass is 11.3. The third-order valence-corrected chi connectivity index (χ3v) is 1.73. The van der Waals surface area contributed by atoms with E-state index in [1.165, 1.54) is 7.05 Å². The second-order valence-electron chi connectivity index (χ2n) is 1.22. The average molecular weight is 139 g/mol. The van der Waals surface area contributed by atoms with Gasteiger partial charge in [-0.1, -0.05) is 0 Å². The Kier molecular flexibility index (Phi) is 2.96. The number of hydrogen-bond acceptors (Lipinski definition) is 4. The lowest BCUT2D eigenvalue weighted by molar-refractivity contribution is 0.395. The van der Waals surface area contributed by atoms with Crippen LogP contribution in [0.1, 0.15) is 0 Å². The second-order valence-corrected chi connectivity index (χ2v) is 2.96. The molecule has 0 spiro atoms. The molecule has 0 aliphatic carbocycles. The molecule has 0 aliphatic rings. The van der Waals surface area contributed by atoms with Crippen molar-refractivity contribution in [3.63, 3.8) is 0 Å². The third-order valence-electron chi connectivity index (χ3n) is 0.575. The molecule has 0 unspecified atom stereocenters. The summed E-state index contributed by atoms with van der Waals surface area (Å²) in [4.78, 5) is 0. The van der Waals surface area contributed by atoms with Crippen molar-refractivity contribution in [1.82, 2.24) is 5.32 Å². The molecule has 0 aromatic rings. The van der Waals surface area contributed by atoms with Gasteiger partial charge in [-0.3, -0.25) is 4.18 Å². The molecule has 1 N–H and O–H groups in total. The normalized spacial score (nSPS) is 11.8. The summed E-state index contributed by atoms with van der Waals surface area (Å²) in [5, 5.41) is 2.45. The molecule has 0 rings (SSSR count). The fourth-order valence-corrected chi connectivity index (χ4v) is 0.707. The van der Waals surface area contributed by atoms with Crippen molar-refractivity contribution in [1.29, 1.82) is 0 Å². The highest BCUT2D eigenvalue weighted by molar-refractivity contribution is 7.86. The summed E-state index contributed by atoms with van der Waals surface area (Å²) < 4.78 is 24.7. The van der Waals surface area contributed by atoms with E-state index in [2.05, 4.69) is 9.50 Å². The molecule has 0 bridgehead atoms. The molecule has 0 aliphatic heterocycles. The van der Waals surface area contributed by atoms with Gasteiger partial charge in [0.25, 0.3) is 10.1 Å². The Hall–Kier alpha value is -0.130. The Morgan fingerprint density at radius 3 is 2.25 bits per heavy atom. The minimum absolute atomic E-state index is 0.135. The van der Waals surface area contributed by atoms with Crippen LogP contribution in [-0.2, 0) is 14.3 Å². The zero-order valence-electron chi connectivity index (χ0n) is 4.84. The molecule has 0 saturated heterocycles. The number of nitrogens with one attached hydrogen (secondary N) is 1. The molecule has 0 heterocycles. The lowest BCUT2D eigenvalue weighted by Gasteiger charge is -1.96. The van der Waals surface area contributed by atoms with E-state index in [0.29, 0.717) is 0 Å². The highest BCUT2D eigenvalue weighted by Gasteiger charge is 2.03. The summed E-state index contributed by atoms with van der Waals surface area (Å²) in [6.45, 7) is 0. The minimum atomic E-state index is -3.28. The van der Waals surface area contributed by atoms with Gasteiger partial charge in [0, 0.05) is 0 Å². The maximum atomic E-state index is 10.3. The van der Waals surface area contributed by atoms with Crippen molar-refractivity contribution in [2.75, 3.05) is 20.0 Å². The molecule has 4 nitrogen and oxygen atoms in total. The Balaban J connectivity index is 3.76. The standard InChI is InChI=1S/C3H9NO3S/c1-4-3-8(5,6)7-2/h4H,3H2,1-2H3. The summed E-state index contributed by atoms with van der Waals surface area (Å²) in [7, 11) is -0.611. The van der Waals surface area contributed by atoms with Gasteiger partial charge in [-0.05, 0) is 7.05 Å². The maximum absolute atomic E-state index is 10.3. The SMILES string of the molecule is CNCS(=O)(=O)OC. The van der Waals surface area contributed by atoms with Crippen LogP contribution in [0, 0.1) is 0 Å². The summed E-state index contributed by atoms with van der Waals surface area (Å²) >= 11 is 0. The first kappa shape index (κ1) is 7.87. The van der Waals surface area contributed by atoms with E-state index in [9.17, 15) is 8.42 Å². The van der Waals surface area contributed by atoms with Crippen LogP contribution in [-0.4, -0.2) is 28.5 Å². The molecule has 0 aromatic carbocycles. The van der Waals surface area contributed by atoms with Crippen LogP contribution in [0.15, 0.2) is 0 Å². The molecule has 5 heteroatoms. The lowest BCUT2D eigenvalue weighted by Crippen LogP contribution is -2.19. The Morgan fingerprint density at radius 1 is 1.62 bits per heavy atom. The van der Waals surface area contributed by atoms with Crippen molar-refractivity contribution >= 4 is 10.1 Å². The van der Waals surface area contributed by atoms with Crippen LogP contribution in [0.4, 0.5) is 0 Å². The predicted molar refractivity (Wildman–Crippen MR) is 29.9 cm³/mol. The van der Waals surface area contributed by atoms with Crippen LogP contribution in [0.2, 0.25) is 0 Å². The van der Waals surface area contributed by atoms with Crippen LogP contribution in [0.5, 0.6) is 0 Å². The first-order chi connectivity index (χ1) is 3.62. The second kappa shape index (κ2) is 3.01. The van der Waals surface area contributed by atoms with E-state index in [0.717, 1.165) is 7.11 Å². The van der Waals surface area contributed by atoms with Crippen molar-refractivity contribution < 1.29 is 12.6 Å². The van der Waals surface area contributed by atoms with E-state index in [1.54, 1.807) is 0 Å². The van der Waals surface area contributed by atoms with E-state index in [1.807, 2.05) is 0 Å². The molecule has 0 amide bonds. The van der Waals surface area contributed by atoms with E-state index < -0.39 is 10.1 Å². The van der Waals surface area contributed by atoms with Crippen molar-refractivity contribution in [2.45, 2.75) is 0 Å². The Bertz CT molecular complexity index is 139. The summed E-state index contributed by atoms with van der Waals surface area (Å²) in [5.74, 6) is -0.135. The summed E-state index contributed by atoms with van der Waals surface area (Å²) in [5.41, 5.74) is 0. The number of rotatable bonds is 3. The molecule has 0 saturated carbocycles. The molecular formula is C3H9NO3S. The van der Waals surface area contributed by atoms with Gasteiger partial charge >= 0.3 is 0 Å². The highest BCUT2D eigenvalue weighted by Crippen LogP contribution is 1.83. The first-order valence-corrected chi connectivity index (χ1v) is 3.63. The van der Waals surface area contributed by atoms with Gasteiger partial charge in [0.2, 0.25) is 0 Å². The molecular weight excluding hydrogens is 130 g/mol. The number of hydrogen-bond donors (Lipinski definition) is 1. The average Bonchev–Trinajstić information content (AvgIpc) is 1.67. The van der Waals surface area contributed by atoms with Crippen LogP contribution >= 0.6 is 0 Å². The van der Waals surface area contributed by atoms with Gasteiger partial charge in [0.05, 0.1) is 7.11 Å². The van der Waals surface area contributed by atoms with Crippen LogP contribution in [0.25, 0.3) is 0 Å². The van der Waals surface area contributed by atoms with Crippen molar-refractivity contribution in [3.8, 4) is 0 Å². The van der Waals surface area contributed by atoms with E-state index in [-0.39, 0.29) is 5.88 Å². The van der Waals surface area contributed by atoms with E-state index >= 15 is 0 Å². The molecule has 0 aromatic heterocycles. The van der Waals surface area contributed by atoms with Gasteiger partial charge in [-0.2, -0.15) is 8.42 Å². The summed E-state index contributed by atoms with van der Waals surface area (Å²) in [6.07, 6.45) is 0. The topological polar surface area (TPSA) is 55.4 Å². The van der Waals surface area contributed by atoms with Gasteiger partial charge in [0.1, 0.15) is 5.88 Å². The first-order valence-electron chi connectivity index (χ1n) is 2.05. The smallest absolute Gasteiger partial charge is 0.280 e. The molecule has 50 valence electrons. The van der Waals surface area contributed by atoms with Gasteiger partial charge < -0.3 is 5.32 Å². The zero-order valence-corrected chi connectivity index (χ0v) is 5.66. The molecule has 8 heavy (non-hydrogen) atoms. The fourth-order valence-electron chi connectivity index (χ4n) is 0.236. The fraction of sp³-hybridized carbons (Fsp3) is 1.00. The molecule has 0 fully saturated rings. The van der Waals surface area contributed by atoms with Crippen molar-refractivity contribution in [3.05, 3.63) is 0 Å². The summed E-state index contributed by atoms with van der Waals surface area (Å²) in [6, 6.07) is 0. The largest absolute Gasteiger partial charge is 0.305 e. The zero-order chi connectivity index (χ0) is 6.62. The minimum Gasteiger partial charge on any atom is -0.305 e.